The monoisotopic (exact) mass is 250 g/mol. The van der Waals surface area contributed by atoms with Gasteiger partial charge in [-0.25, -0.2) is 4.39 Å². The number of nitrogens with one attached hydrogen (secondary N) is 1. The molecule has 1 fully saturated rings. The SMILES string of the molecule is CNC1(C)CCN(Cc2ccc(F)cc2C)CC1. The van der Waals surface area contributed by atoms with Gasteiger partial charge in [0.2, 0.25) is 0 Å². The van der Waals surface area contributed by atoms with Crippen LogP contribution in [0.1, 0.15) is 30.9 Å². The van der Waals surface area contributed by atoms with E-state index in [2.05, 4.69) is 17.1 Å². The van der Waals surface area contributed by atoms with Gasteiger partial charge in [0.1, 0.15) is 5.82 Å². The smallest absolute Gasteiger partial charge is 0.123 e. The Morgan fingerprint density at radius 1 is 1.33 bits per heavy atom. The number of rotatable bonds is 3. The largest absolute Gasteiger partial charge is 0.314 e. The highest BCUT2D eigenvalue weighted by molar-refractivity contribution is 5.26. The summed E-state index contributed by atoms with van der Waals surface area (Å²) in [6.07, 6.45) is 2.34. The van der Waals surface area contributed by atoms with E-state index in [1.54, 1.807) is 12.1 Å². The quantitative estimate of drug-likeness (QED) is 0.887. The summed E-state index contributed by atoms with van der Waals surface area (Å²) in [7, 11) is 2.04. The van der Waals surface area contributed by atoms with Crippen molar-refractivity contribution in [3.63, 3.8) is 0 Å². The van der Waals surface area contributed by atoms with Crippen molar-refractivity contribution in [3.05, 3.63) is 35.1 Å². The second-order valence-electron chi connectivity index (χ2n) is 5.66. The van der Waals surface area contributed by atoms with Gasteiger partial charge in [-0.3, -0.25) is 4.90 Å². The predicted octanol–water partition coefficient (Wildman–Crippen LogP) is 2.71. The van der Waals surface area contributed by atoms with Gasteiger partial charge in [0.15, 0.2) is 0 Å². The third-order valence-electron chi connectivity index (χ3n) is 4.26. The minimum Gasteiger partial charge on any atom is -0.314 e. The van der Waals surface area contributed by atoms with E-state index < -0.39 is 0 Å². The van der Waals surface area contributed by atoms with Crippen LogP contribution in [0.25, 0.3) is 0 Å². The zero-order valence-corrected chi connectivity index (χ0v) is 11.6. The average molecular weight is 250 g/mol. The molecule has 1 saturated heterocycles. The molecule has 0 spiro atoms. The number of halogens is 1. The van der Waals surface area contributed by atoms with Crippen molar-refractivity contribution in [1.29, 1.82) is 0 Å². The molecule has 1 aliphatic rings. The van der Waals surface area contributed by atoms with Gasteiger partial charge in [-0.2, -0.15) is 0 Å². The van der Waals surface area contributed by atoms with E-state index in [4.69, 9.17) is 0 Å². The zero-order chi connectivity index (χ0) is 13.2. The van der Waals surface area contributed by atoms with Gasteiger partial charge in [0, 0.05) is 25.2 Å². The third-order valence-corrected chi connectivity index (χ3v) is 4.26. The minimum absolute atomic E-state index is 0.141. The molecular formula is C15H23FN2. The van der Waals surface area contributed by atoms with Crippen molar-refractivity contribution < 1.29 is 4.39 Å². The van der Waals surface area contributed by atoms with Crippen LogP contribution in [0.2, 0.25) is 0 Å². The van der Waals surface area contributed by atoms with Crippen LogP contribution in [0, 0.1) is 12.7 Å². The molecule has 0 aromatic heterocycles. The summed E-state index contributed by atoms with van der Waals surface area (Å²) in [5.74, 6) is -0.141. The molecule has 3 heteroatoms. The fourth-order valence-electron chi connectivity index (χ4n) is 2.53. The van der Waals surface area contributed by atoms with E-state index >= 15 is 0 Å². The highest BCUT2D eigenvalue weighted by atomic mass is 19.1. The molecular weight excluding hydrogens is 227 g/mol. The minimum atomic E-state index is -0.141. The first-order chi connectivity index (χ1) is 8.52. The van der Waals surface area contributed by atoms with Gasteiger partial charge in [-0.15, -0.1) is 0 Å². The molecule has 0 bridgehead atoms. The Kier molecular flexibility index (Phi) is 4.03. The molecule has 1 aromatic rings. The summed E-state index contributed by atoms with van der Waals surface area (Å²) >= 11 is 0. The maximum Gasteiger partial charge on any atom is 0.123 e. The van der Waals surface area contributed by atoms with Crippen LogP contribution in [-0.4, -0.2) is 30.6 Å². The maximum absolute atomic E-state index is 13.1. The van der Waals surface area contributed by atoms with Gasteiger partial charge in [-0.1, -0.05) is 6.07 Å². The predicted molar refractivity (Wildman–Crippen MR) is 73.1 cm³/mol. The number of likely N-dealkylation sites (tertiary alicyclic amines) is 1. The molecule has 0 radical (unpaired) electrons. The van der Waals surface area contributed by atoms with Crippen LogP contribution in [0.5, 0.6) is 0 Å². The third kappa shape index (κ3) is 3.09. The number of hydrogen-bond donors (Lipinski definition) is 1. The molecule has 1 aliphatic heterocycles. The van der Waals surface area contributed by atoms with Crippen molar-refractivity contribution >= 4 is 0 Å². The average Bonchev–Trinajstić information content (AvgIpc) is 2.36. The Balaban J connectivity index is 1.95. The fourth-order valence-corrected chi connectivity index (χ4v) is 2.53. The summed E-state index contributed by atoms with van der Waals surface area (Å²) in [4.78, 5) is 2.46. The van der Waals surface area contributed by atoms with Crippen molar-refractivity contribution in [2.75, 3.05) is 20.1 Å². The Morgan fingerprint density at radius 2 is 2.00 bits per heavy atom. The molecule has 2 rings (SSSR count). The van der Waals surface area contributed by atoms with Gasteiger partial charge < -0.3 is 5.32 Å². The van der Waals surface area contributed by atoms with E-state index in [9.17, 15) is 4.39 Å². The number of aryl methyl sites for hydroxylation is 1. The lowest BCUT2D eigenvalue weighted by Gasteiger charge is -2.39. The molecule has 0 amide bonds. The van der Waals surface area contributed by atoms with Crippen LogP contribution in [-0.2, 0) is 6.54 Å². The lowest BCUT2D eigenvalue weighted by molar-refractivity contribution is 0.146. The maximum atomic E-state index is 13.1. The summed E-state index contributed by atoms with van der Waals surface area (Å²) in [5.41, 5.74) is 2.58. The van der Waals surface area contributed by atoms with Crippen molar-refractivity contribution in [1.82, 2.24) is 10.2 Å². The van der Waals surface area contributed by atoms with E-state index in [0.717, 1.165) is 25.2 Å². The van der Waals surface area contributed by atoms with E-state index in [0.29, 0.717) is 0 Å². The van der Waals surface area contributed by atoms with E-state index in [1.165, 1.54) is 18.4 Å². The first-order valence-electron chi connectivity index (χ1n) is 6.69. The molecule has 2 nitrogen and oxygen atoms in total. The van der Waals surface area contributed by atoms with Crippen LogP contribution < -0.4 is 5.32 Å². The number of hydrogen-bond acceptors (Lipinski definition) is 2. The molecule has 1 N–H and O–H groups in total. The van der Waals surface area contributed by atoms with Gasteiger partial charge in [0.25, 0.3) is 0 Å². The topological polar surface area (TPSA) is 15.3 Å². The van der Waals surface area contributed by atoms with Crippen LogP contribution in [0.3, 0.4) is 0 Å². The molecule has 0 saturated carbocycles. The second kappa shape index (κ2) is 5.37. The summed E-state index contributed by atoms with van der Waals surface area (Å²) in [6, 6.07) is 5.09. The van der Waals surface area contributed by atoms with Crippen molar-refractivity contribution in [2.45, 2.75) is 38.8 Å². The standard InChI is InChI=1S/C15H23FN2/c1-12-10-14(16)5-4-13(12)11-18-8-6-15(2,17-3)7-9-18/h4-5,10,17H,6-9,11H2,1-3H3. The van der Waals surface area contributed by atoms with Gasteiger partial charge in [-0.05, 0) is 57.0 Å². The number of piperidine rings is 1. The summed E-state index contributed by atoms with van der Waals surface area (Å²) in [6.45, 7) is 7.42. The normalized spacial score (nSPS) is 20.0. The Labute approximate surface area is 109 Å². The Morgan fingerprint density at radius 3 is 2.56 bits per heavy atom. The van der Waals surface area contributed by atoms with Crippen LogP contribution in [0.15, 0.2) is 18.2 Å². The number of benzene rings is 1. The first kappa shape index (κ1) is 13.5. The fraction of sp³-hybridized carbons (Fsp3) is 0.600. The van der Waals surface area contributed by atoms with Crippen molar-refractivity contribution in [3.8, 4) is 0 Å². The summed E-state index contributed by atoms with van der Waals surface area (Å²) < 4.78 is 13.1. The molecule has 1 heterocycles. The molecule has 0 aliphatic carbocycles. The number of nitrogens with zero attached hydrogens (tertiary/aromatic N) is 1. The molecule has 18 heavy (non-hydrogen) atoms. The first-order valence-corrected chi connectivity index (χ1v) is 6.69. The van der Waals surface area contributed by atoms with Crippen LogP contribution in [0.4, 0.5) is 4.39 Å². The highest BCUT2D eigenvalue weighted by Gasteiger charge is 2.28. The Hall–Kier alpha value is -0.930. The lowest BCUT2D eigenvalue weighted by Crippen LogP contribution is -2.49. The Bertz CT molecular complexity index is 409. The highest BCUT2D eigenvalue weighted by Crippen LogP contribution is 2.23. The van der Waals surface area contributed by atoms with Gasteiger partial charge >= 0.3 is 0 Å². The van der Waals surface area contributed by atoms with Crippen LogP contribution >= 0.6 is 0 Å². The van der Waals surface area contributed by atoms with Crippen molar-refractivity contribution in [2.24, 2.45) is 0 Å². The zero-order valence-electron chi connectivity index (χ0n) is 11.6. The molecule has 0 atom stereocenters. The molecule has 1 aromatic carbocycles. The van der Waals surface area contributed by atoms with E-state index in [-0.39, 0.29) is 11.4 Å². The molecule has 100 valence electrons. The lowest BCUT2D eigenvalue weighted by atomic mass is 9.89. The second-order valence-corrected chi connectivity index (χ2v) is 5.66. The summed E-state index contributed by atoms with van der Waals surface area (Å²) in [5, 5.41) is 3.41. The molecule has 0 unspecified atom stereocenters. The van der Waals surface area contributed by atoms with Gasteiger partial charge in [0.05, 0.1) is 0 Å². The van der Waals surface area contributed by atoms with E-state index in [1.807, 2.05) is 20.0 Å².